The third-order valence-electron chi connectivity index (χ3n) is 4.78. The van der Waals surface area contributed by atoms with Crippen LogP contribution in [0.15, 0.2) is 84.9 Å². The summed E-state index contributed by atoms with van der Waals surface area (Å²) in [4.78, 5) is 0. The van der Waals surface area contributed by atoms with Crippen LogP contribution in [0.1, 0.15) is 5.56 Å². The fourth-order valence-electron chi connectivity index (χ4n) is 3.46. The first-order valence-corrected chi connectivity index (χ1v) is 9.08. The molecule has 27 heavy (non-hydrogen) atoms. The highest BCUT2D eigenvalue weighted by Crippen LogP contribution is 2.41. The summed E-state index contributed by atoms with van der Waals surface area (Å²) in [7, 11) is 1.64. The maximum absolute atomic E-state index is 5.94. The molecule has 2 nitrogen and oxygen atoms in total. The van der Waals surface area contributed by atoms with Gasteiger partial charge in [0.25, 0.3) is 0 Å². The monoisotopic (exact) mass is 354 g/mol. The number of ether oxygens (including phenoxy) is 2. The van der Waals surface area contributed by atoms with E-state index in [1.807, 2.05) is 6.07 Å². The predicted octanol–water partition coefficient (Wildman–Crippen LogP) is 6.46. The molecular weight excluding hydrogens is 332 g/mol. The van der Waals surface area contributed by atoms with Crippen molar-refractivity contribution < 1.29 is 9.47 Å². The maximum atomic E-state index is 5.94. The second-order valence-corrected chi connectivity index (χ2v) is 6.62. The molecule has 0 radical (unpaired) electrons. The minimum absolute atomic E-state index is 0.220. The molecule has 0 fully saturated rings. The van der Waals surface area contributed by atoms with Crippen LogP contribution in [0.3, 0.4) is 0 Å². The molecule has 2 heteroatoms. The van der Waals surface area contributed by atoms with Gasteiger partial charge in [0.1, 0.15) is 5.75 Å². The largest absolute Gasteiger partial charge is 0.467 e. The van der Waals surface area contributed by atoms with Crippen LogP contribution in [-0.2, 0) is 4.74 Å². The van der Waals surface area contributed by atoms with Crippen LogP contribution >= 0.6 is 0 Å². The van der Waals surface area contributed by atoms with E-state index in [9.17, 15) is 0 Å². The molecule has 0 amide bonds. The van der Waals surface area contributed by atoms with E-state index < -0.39 is 0 Å². The molecule has 0 aliphatic rings. The van der Waals surface area contributed by atoms with Crippen molar-refractivity contribution in [2.45, 2.75) is 6.92 Å². The fourth-order valence-corrected chi connectivity index (χ4v) is 3.46. The summed E-state index contributed by atoms with van der Waals surface area (Å²) in [5, 5.41) is 2.36. The molecule has 0 aliphatic carbocycles. The van der Waals surface area contributed by atoms with E-state index >= 15 is 0 Å². The van der Waals surface area contributed by atoms with Crippen molar-refractivity contribution in [3.8, 4) is 28.0 Å². The van der Waals surface area contributed by atoms with Crippen molar-refractivity contribution >= 4 is 10.8 Å². The van der Waals surface area contributed by atoms with Gasteiger partial charge in [-0.1, -0.05) is 84.4 Å². The molecule has 0 saturated heterocycles. The van der Waals surface area contributed by atoms with Gasteiger partial charge in [0.05, 0.1) is 0 Å². The molecule has 0 saturated carbocycles. The number of fused-ring (bicyclic) bond motifs is 1. The second-order valence-electron chi connectivity index (χ2n) is 6.62. The molecule has 0 aliphatic heterocycles. The summed E-state index contributed by atoms with van der Waals surface area (Å²) in [5.74, 6) is 0.829. The lowest BCUT2D eigenvalue weighted by Gasteiger charge is -2.17. The normalized spacial score (nSPS) is 10.9. The van der Waals surface area contributed by atoms with Gasteiger partial charge in [-0.15, -0.1) is 0 Å². The van der Waals surface area contributed by atoms with Crippen LogP contribution < -0.4 is 4.74 Å². The van der Waals surface area contributed by atoms with Crippen LogP contribution in [0, 0.1) is 6.92 Å². The van der Waals surface area contributed by atoms with Crippen LogP contribution in [-0.4, -0.2) is 13.9 Å². The van der Waals surface area contributed by atoms with Crippen LogP contribution in [0.5, 0.6) is 5.75 Å². The van der Waals surface area contributed by atoms with E-state index in [1.165, 1.54) is 27.5 Å². The van der Waals surface area contributed by atoms with Crippen LogP contribution in [0.25, 0.3) is 33.0 Å². The van der Waals surface area contributed by atoms with Gasteiger partial charge in [0.15, 0.2) is 6.79 Å². The zero-order valence-electron chi connectivity index (χ0n) is 15.6. The van der Waals surface area contributed by atoms with E-state index in [0.29, 0.717) is 0 Å². The molecule has 0 N–H and O–H groups in total. The van der Waals surface area contributed by atoms with Gasteiger partial charge in [-0.2, -0.15) is 0 Å². The Morgan fingerprint density at radius 1 is 0.704 bits per heavy atom. The summed E-state index contributed by atoms with van der Waals surface area (Å²) in [6, 6.07) is 29.7. The van der Waals surface area contributed by atoms with E-state index in [2.05, 4.69) is 85.8 Å². The topological polar surface area (TPSA) is 18.5 Å². The second kappa shape index (κ2) is 7.65. The molecule has 0 spiro atoms. The first-order valence-electron chi connectivity index (χ1n) is 9.08. The summed E-state index contributed by atoms with van der Waals surface area (Å²) >= 11 is 0. The Morgan fingerprint density at radius 2 is 1.41 bits per heavy atom. The predicted molar refractivity (Wildman–Crippen MR) is 112 cm³/mol. The van der Waals surface area contributed by atoms with Gasteiger partial charge in [0, 0.05) is 12.7 Å². The van der Waals surface area contributed by atoms with Gasteiger partial charge in [-0.25, -0.2) is 0 Å². The average molecular weight is 354 g/mol. The molecule has 0 atom stereocenters. The maximum Gasteiger partial charge on any atom is 0.188 e. The number of aryl methyl sites for hydroxylation is 1. The fraction of sp³-hybridized carbons (Fsp3) is 0.120. The molecule has 0 bridgehead atoms. The molecule has 4 aromatic rings. The Bertz CT molecular complexity index is 1070. The van der Waals surface area contributed by atoms with Gasteiger partial charge < -0.3 is 9.47 Å². The van der Waals surface area contributed by atoms with Crippen molar-refractivity contribution in [2.24, 2.45) is 0 Å². The third-order valence-corrected chi connectivity index (χ3v) is 4.78. The molecule has 134 valence electrons. The van der Waals surface area contributed by atoms with Crippen molar-refractivity contribution in [2.75, 3.05) is 13.9 Å². The lowest BCUT2D eigenvalue weighted by Crippen LogP contribution is -2.01. The third kappa shape index (κ3) is 3.44. The van der Waals surface area contributed by atoms with Crippen LogP contribution in [0.2, 0.25) is 0 Å². The number of benzene rings is 4. The molecule has 4 aromatic carbocycles. The quantitative estimate of drug-likeness (QED) is 0.383. The highest BCUT2D eigenvalue weighted by molar-refractivity contribution is 6.03. The zero-order chi connectivity index (χ0) is 18.6. The number of hydrogen-bond acceptors (Lipinski definition) is 2. The van der Waals surface area contributed by atoms with Crippen molar-refractivity contribution in [1.82, 2.24) is 0 Å². The standard InChI is InChI=1S/C25H22O2/c1-18-11-13-20(14-12-18)21-8-5-6-10-23(21)25-22-9-4-3-7-19(22)15-16-24(25)27-17-26-2/h3-16H,17H2,1-2H3. The van der Waals surface area contributed by atoms with Gasteiger partial charge in [-0.05, 0) is 40.5 Å². The van der Waals surface area contributed by atoms with Crippen molar-refractivity contribution in [1.29, 1.82) is 0 Å². The summed E-state index contributed by atoms with van der Waals surface area (Å²) in [5.41, 5.74) is 5.90. The van der Waals surface area contributed by atoms with E-state index in [4.69, 9.17) is 9.47 Å². The Hall–Kier alpha value is -3.10. The van der Waals surface area contributed by atoms with Crippen molar-refractivity contribution in [3.05, 3.63) is 90.5 Å². The Labute approximate surface area is 160 Å². The summed E-state index contributed by atoms with van der Waals surface area (Å²) < 4.78 is 11.1. The van der Waals surface area contributed by atoms with E-state index in [-0.39, 0.29) is 6.79 Å². The Balaban J connectivity index is 1.98. The van der Waals surface area contributed by atoms with Crippen molar-refractivity contribution in [3.63, 3.8) is 0 Å². The molecule has 0 unspecified atom stereocenters. The number of hydrogen-bond donors (Lipinski definition) is 0. The lowest BCUT2D eigenvalue weighted by molar-refractivity contribution is 0.0516. The summed E-state index contributed by atoms with van der Waals surface area (Å²) in [6.07, 6.45) is 0. The van der Waals surface area contributed by atoms with Gasteiger partial charge in [0.2, 0.25) is 0 Å². The molecule has 0 heterocycles. The summed E-state index contributed by atoms with van der Waals surface area (Å²) in [6.45, 7) is 2.33. The number of methoxy groups -OCH3 is 1. The first-order chi connectivity index (χ1) is 13.3. The smallest absolute Gasteiger partial charge is 0.188 e. The number of rotatable bonds is 5. The van der Waals surface area contributed by atoms with Gasteiger partial charge in [-0.3, -0.25) is 0 Å². The van der Waals surface area contributed by atoms with E-state index in [1.54, 1.807) is 7.11 Å². The van der Waals surface area contributed by atoms with Gasteiger partial charge >= 0.3 is 0 Å². The lowest BCUT2D eigenvalue weighted by atomic mass is 9.90. The average Bonchev–Trinajstić information content (AvgIpc) is 2.72. The Morgan fingerprint density at radius 3 is 2.19 bits per heavy atom. The highest BCUT2D eigenvalue weighted by Gasteiger charge is 2.15. The molecular formula is C25H22O2. The molecule has 0 aromatic heterocycles. The molecule has 4 rings (SSSR count). The zero-order valence-corrected chi connectivity index (χ0v) is 15.6. The minimum atomic E-state index is 0.220. The highest BCUT2D eigenvalue weighted by atomic mass is 16.7. The SMILES string of the molecule is COCOc1ccc2ccccc2c1-c1ccccc1-c1ccc(C)cc1. The minimum Gasteiger partial charge on any atom is -0.467 e. The van der Waals surface area contributed by atoms with E-state index in [0.717, 1.165) is 16.9 Å². The first kappa shape index (κ1) is 17.3. The van der Waals surface area contributed by atoms with Crippen LogP contribution in [0.4, 0.5) is 0 Å². The Kier molecular flexibility index (Phi) is 4.91.